The molecule has 30 heavy (non-hydrogen) atoms. The van der Waals surface area contributed by atoms with E-state index in [1.54, 1.807) is 4.90 Å². The third-order valence-electron chi connectivity index (χ3n) is 5.59. The van der Waals surface area contributed by atoms with Gasteiger partial charge in [-0.05, 0) is 44.1 Å². The molecule has 2 aromatic rings. The molecule has 1 aromatic heterocycles. The minimum absolute atomic E-state index is 0. The molecule has 1 aliphatic heterocycles. The highest BCUT2D eigenvalue weighted by Gasteiger charge is 2.32. The second-order valence-electron chi connectivity index (χ2n) is 7.30. The van der Waals surface area contributed by atoms with Crippen molar-refractivity contribution in [3.05, 3.63) is 23.3 Å². The van der Waals surface area contributed by atoms with Crippen LogP contribution in [0.15, 0.2) is 12.1 Å². The van der Waals surface area contributed by atoms with Gasteiger partial charge in [0.2, 0.25) is 17.7 Å². The van der Waals surface area contributed by atoms with Crippen LogP contribution in [-0.2, 0) is 14.4 Å². The van der Waals surface area contributed by atoms with Crippen molar-refractivity contribution in [2.75, 3.05) is 37.6 Å². The molecular formula is C21H29ClN4O3S. The highest BCUT2D eigenvalue weighted by molar-refractivity contribution is 7.22. The van der Waals surface area contributed by atoms with E-state index in [1.165, 1.54) is 11.3 Å². The molecule has 0 atom stereocenters. The van der Waals surface area contributed by atoms with Crippen molar-refractivity contribution in [1.82, 2.24) is 14.8 Å². The van der Waals surface area contributed by atoms with Crippen LogP contribution in [0.2, 0.25) is 0 Å². The van der Waals surface area contributed by atoms with E-state index in [0.717, 1.165) is 39.3 Å². The standard InChI is InChI=1S/C21H28N4O3S.ClH/c1-5-23(6-2)11-12-24(19(28)13-25-17(26)9-10-18(25)27)21-22-20-15(4)14(3)7-8-16(20)29-21;/h7-8H,5-6,9-13H2,1-4H3;1H. The molecule has 0 saturated carbocycles. The van der Waals surface area contributed by atoms with Gasteiger partial charge in [-0.2, -0.15) is 0 Å². The van der Waals surface area contributed by atoms with Gasteiger partial charge in [0.05, 0.1) is 10.2 Å². The Balaban J connectivity index is 0.00000320. The Kier molecular flexibility index (Phi) is 8.34. The number of rotatable bonds is 8. The molecule has 2 heterocycles. The summed E-state index contributed by atoms with van der Waals surface area (Å²) in [5.74, 6) is -0.820. The normalized spacial score (nSPS) is 14.0. The van der Waals surface area contributed by atoms with E-state index in [-0.39, 0.29) is 49.5 Å². The van der Waals surface area contributed by atoms with Crippen molar-refractivity contribution in [3.63, 3.8) is 0 Å². The summed E-state index contributed by atoms with van der Waals surface area (Å²) in [6.07, 6.45) is 0.371. The molecule has 0 bridgehead atoms. The summed E-state index contributed by atoms with van der Waals surface area (Å²) in [5.41, 5.74) is 3.16. The summed E-state index contributed by atoms with van der Waals surface area (Å²) in [5, 5.41) is 0.616. The molecule has 0 spiro atoms. The first kappa shape index (κ1) is 24.2. The van der Waals surface area contributed by atoms with E-state index < -0.39 is 0 Å². The van der Waals surface area contributed by atoms with Gasteiger partial charge < -0.3 is 4.90 Å². The van der Waals surface area contributed by atoms with Crippen LogP contribution in [0.3, 0.4) is 0 Å². The number of carbonyl (C=O) groups is 3. The van der Waals surface area contributed by atoms with Gasteiger partial charge in [-0.25, -0.2) is 4.98 Å². The Morgan fingerprint density at radius 3 is 2.33 bits per heavy atom. The van der Waals surface area contributed by atoms with E-state index in [4.69, 9.17) is 4.98 Å². The second kappa shape index (κ2) is 10.3. The smallest absolute Gasteiger partial charge is 0.248 e. The van der Waals surface area contributed by atoms with Gasteiger partial charge >= 0.3 is 0 Å². The minimum Gasteiger partial charge on any atom is -0.302 e. The van der Waals surface area contributed by atoms with Crippen molar-refractivity contribution in [2.45, 2.75) is 40.5 Å². The van der Waals surface area contributed by atoms with Gasteiger partial charge in [-0.15, -0.1) is 12.4 Å². The zero-order valence-corrected chi connectivity index (χ0v) is 19.6. The summed E-state index contributed by atoms with van der Waals surface area (Å²) < 4.78 is 1.03. The Bertz CT molecular complexity index is 926. The predicted molar refractivity (Wildman–Crippen MR) is 122 cm³/mol. The first-order valence-corrected chi connectivity index (χ1v) is 10.9. The molecule has 1 saturated heterocycles. The number of likely N-dealkylation sites (tertiary alicyclic amines) is 1. The fourth-order valence-electron chi connectivity index (χ4n) is 3.46. The van der Waals surface area contributed by atoms with Crippen LogP contribution in [0.5, 0.6) is 0 Å². The largest absolute Gasteiger partial charge is 0.302 e. The highest BCUT2D eigenvalue weighted by atomic mass is 35.5. The number of anilines is 1. The first-order chi connectivity index (χ1) is 13.8. The molecule has 1 aromatic carbocycles. The number of aromatic nitrogens is 1. The lowest BCUT2D eigenvalue weighted by Gasteiger charge is -2.26. The topological polar surface area (TPSA) is 73.8 Å². The molecular weight excluding hydrogens is 424 g/mol. The Labute approximate surface area is 187 Å². The first-order valence-electron chi connectivity index (χ1n) is 10.1. The summed E-state index contributed by atoms with van der Waals surface area (Å²) in [7, 11) is 0. The third-order valence-corrected chi connectivity index (χ3v) is 6.63. The average molecular weight is 453 g/mol. The molecule has 9 heteroatoms. The van der Waals surface area contributed by atoms with Crippen LogP contribution in [0.1, 0.15) is 37.8 Å². The maximum atomic E-state index is 13.1. The molecule has 0 radical (unpaired) electrons. The number of benzene rings is 1. The maximum absolute atomic E-state index is 13.1. The van der Waals surface area contributed by atoms with E-state index >= 15 is 0 Å². The van der Waals surface area contributed by atoms with Crippen molar-refractivity contribution < 1.29 is 14.4 Å². The molecule has 0 aliphatic carbocycles. The van der Waals surface area contributed by atoms with Crippen molar-refractivity contribution in [1.29, 1.82) is 0 Å². The van der Waals surface area contributed by atoms with Crippen LogP contribution >= 0.6 is 23.7 Å². The van der Waals surface area contributed by atoms with E-state index in [1.807, 2.05) is 19.9 Å². The molecule has 3 amide bonds. The van der Waals surface area contributed by atoms with Gasteiger partial charge in [0, 0.05) is 25.9 Å². The van der Waals surface area contributed by atoms with Gasteiger partial charge in [0.1, 0.15) is 6.54 Å². The van der Waals surface area contributed by atoms with Gasteiger partial charge in [-0.1, -0.05) is 31.3 Å². The monoisotopic (exact) mass is 452 g/mol. The number of hydrogen-bond acceptors (Lipinski definition) is 6. The fourth-order valence-corrected chi connectivity index (χ4v) is 4.53. The van der Waals surface area contributed by atoms with E-state index in [2.05, 4.69) is 24.8 Å². The Hall–Kier alpha value is -2.03. The number of nitrogens with zero attached hydrogens (tertiary/aromatic N) is 4. The van der Waals surface area contributed by atoms with Crippen molar-refractivity contribution >= 4 is 56.8 Å². The Morgan fingerprint density at radius 2 is 1.73 bits per heavy atom. The SMILES string of the molecule is CCN(CC)CCN(C(=O)CN1C(=O)CCC1=O)c1nc2c(C)c(C)ccc2s1.Cl. The minimum atomic E-state index is -0.275. The number of imide groups is 1. The zero-order chi connectivity index (χ0) is 21.1. The lowest BCUT2D eigenvalue weighted by Crippen LogP contribution is -2.45. The van der Waals surface area contributed by atoms with Crippen LogP contribution < -0.4 is 4.90 Å². The fraction of sp³-hybridized carbons (Fsp3) is 0.524. The highest BCUT2D eigenvalue weighted by Crippen LogP contribution is 2.32. The molecule has 1 aliphatic rings. The third kappa shape index (κ3) is 4.99. The van der Waals surface area contributed by atoms with E-state index in [9.17, 15) is 14.4 Å². The summed E-state index contributed by atoms with van der Waals surface area (Å²) in [6, 6.07) is 4.09. The summed E-state index contributed by atoms with van der Waals surface area (Å²) >= 11 is 1.47. The van der Waals surface area contributed by atoms with Gasteiger partial charge in [0.25, 0.3) is 0 Å². The van der Waals surface area contributed by atoms with Crippen LogP contribution in [-0.4, -0.2) is 65.2 Å². The lowest BCUT2D eigenvalue weighted by molar-refractivity contribution is -0.141. The van der Waals surface area contributed by atoms with Crippen LogP contribution in [0, 0.1) is 13.8 Å². The van der Waals surface area contributed by atoms with Crippen LogP contribution in [0.25, 0.3) is 10.2 Å². The van der Waals surface area contributed by atoms with Gasteiger partial charge in [-0.3, -0.25) is 24.2 Å². The zero-order valence-electron chi connectivity index (χ0n) is 17.9. The molecule has 1 fully saturated rings. The number of halogens is 1. The number of aryl methyl sites for hydroxylation is 2. The molecule has 3 rings (SSSR count). The molecule has 164 valence electrons. The second-order valence-corrected chi connectivity index (χ2v) is 8.31. The molecule has 0 unspecified atom stereocenters. The predicted octanol–water partition coefficient (Wildman–Crippen LogP) is 3.16. The van der Waals surface area contributed by atoms with Crippen molar-refractivity contribution in [2.24, 2.45) is 0 Å². The number of amides is 3. The quantitative estimate of drug-likeness (QED) is 0.575. The lowest BCUT2D eigenvalue weighted by atomic mass is 10.1. The summed E-state index contributed by atoms with van der Waals surface area (Å²) in [4.78, 5) is 46.8. The summed E-state index contributed by atoms with van der Waals surface area (Å²) in [6.45, 7) is 11.0. The van der Waals surface area contributed by atoms with Crippen LogP contribution in [0.4, 0.5) is 5.13 Å². The number of likely N-dealkylation sites (N-methyl/N-ethyl adjacent to an activating group) is 1. The average Bonchev–Trinajstić information content (AvgIpc) is 3.27. The molecule has 7 nitrogen and oxygen atoms in total. The number of thiazole rings is 1. The Morgan fingerprint density at radius 1 is 1.10 bits per heavy atom. The van der Waals surface area contributed by atoms with E-state index in [0.29, 0.717) is 18.2 Å². The van der Waals surface area contributed by atoms with Crippen molar-refractivity contribution in [3.8, 4) is 0 Å². The molecule has 0 N–H and O–H groups in total. The number of hydrogen-bond donors (Lipinski definition) is 0. The maximum Gasteiger partial charge on any atom is 0.248 e. The van der Waals surface area contributed by atoms with Gasteiger partial charge in [0.15, 0.2) is 5.13 Å². The number of carbonyl (C=O) groups excluding carboxylic acids is 3. The number of fused-ring (bicyclic) bond motifs is 1.